The van der Waals surface area contributed by atoms with Gasteiger partial charge in [0, 0.05) is 25.7 Å². The summed E-state index contributed by atoms with van der Waals surface area (Å²) in [5.41, 5.74) is 0. The lowest BCUT2D eigenvalue weighted by Crippen LogP contribution is -2.30. The van der Waals surface area contributed by atoms with Crippen LogP contribution in [0.1, 0.15) is 497 Å². The standard InChI is InChI=1S/C91H178O17P2/c1-6-9-12-15-18-21-24-27-29-31-33-34-36-38-42-46-51-56-61-66-71-76-90(95)108-87(81-102-89(94)75-70-65-60-55-50-45-41-37-35-32-30-28-25-22-19-16-13-10-7-2)83-106-110(99,100)104-79-85(92)78-103-109(97,98)105-82-86(80-101-88(93)74-69-64-59-54-49-26-23-20-17-14-11-8-3)107-91(96)77-72-67-62-57-52-47-43-39-40-44-48-53-58-63-68-73-84(4)5/h84-87,92H,6-83H2,1-5H3,(H,97,98)(H,99,100)/t85-,86+,87+/m0/s1. The number of phosphoric acid groups is 2. The summed E-state index contributed by atoms with van der Waals surface area (Å²) in [4.78, 5) is 73.4. The molecule has 17 nitrogen and oxygen atoms in total. The molecule has 2 unspecified atom stereocenters. The summed E-state index contributed by atoms with van der Waals surface area (Å²) < 4.78 is 69.1. The number of esters is 4. The molecule has 0 aromatic heterocycles. The topological polar surface area (TPSA) is 237 Å². The van der Waals surface area contributed by atoms with Crippen LogP contribution in [0.3, 0.4) is 0 Å². The summed E-state index contributed by atoms with van der Waals surface area (Å²) in [5.74, 6) is -1.29. The number of aliphatic hydroxyl groups excluding tert-OH is 1. The van der Waals surface area contributed by atoms with Crippen molar-refractivity contribution in [1.82, 2.24) is 0 Å². The van der Waals surface area contributed by atoms with E-state index in [1.807, 2.05) is 0 Å². The zero-order valence-electron chi connectivity index (χ0n) is 72.4. The number of ether oxygens (including phenoxy) is 4. The minimum atomic E-state index is -4.97. The number of carbonyl (C=O) groups excluding carboxylic acids is 4. The highest BCUT2D eigenvalue weighted by molar-refractivity contribution is 7.47. The van der Waals surface area contributed by atoms with Gasteiger partial charge in [-0.15, -0.1) is 0 Å². The highest BCUT2D eigenvalue weighted by Crippen LogP contribution is 2.45. The molecule has 0 saturated heterocycles. The first-order valence-electron chi connectivity index (χ1n) is 47.1. The first-order chi connectivity index (χ1) is 53.5. The second-order valence-corrected chi connectivity index (χ2v) is 36.1. The Labute approximate surface area is 677 Å². The SMILES string of the molecule is CCCCCCCCCCCCCCCCCCCCCCCC(=O)O[C@H](COC(=O)CCCCCCCCCCCCCCCCCCCCC)COP(=O)(O)OC[C@@H](O)COP(=O)(O)OC[C@@H](COC(=O)CCCCCCCCCCCCCC)OC(=O)CCCCCCCCCCCCCCCCCC(C)C. The first kappa shape index (κ1) is 108. The molecule has 19 heteroatoms. The average molecular weight is 1610 g/mol. The lowest BCUT2D eigenvalue weighted by molar-refractivity contribution is -0.161. The fourth-order valence-electron chi connectivity index (χ4n) is 14.4. The van der Waals surface area contributed by atoms with Crippen molar-refractivity contribution in [2.45, 2.75) is 515 Å². The van der Waals surface area contributed by atoms with Gasteiger partial charge in [0.1, 0.15) is 19.3 Å². The Balaban J connectivity index is 5.24. The smallest absolute Gasteiger partial charge is 0.462 e. The van der Waals surface area contributed by atoms with Crippen molar-refractivity contribution in [1.29, 1.82) is 0 Å². The second-order valence-electron chi connectivity index (χ2n) is 33.2. The Bertz CT molecular complexity index is 2080. The van der Waals surface area contributed by atoms with Gasteiger partial charge in [0.15, 0.2) is 12.2 Å². The number of unbranched alkanes of at least 4 members (excludes halogenated alkanes) is 63. The Morgan fingerprint density at radius 2 is 0.418 bits per heavy atom. The first-order valence-corrected chi connectivity index (χ1v) is 50.1. The third-order valence-electron chi connectivity index (χ3n) is 21.5. The molecule has 0 rings (SSSR count). The molecule has 0 spiro atoms. The van der Waals surface area contributed by atoms with Crippen LogP contribution in [0.2, 0.25) is 0 Å². The molecule has 0 aromatic carbocycles. The fourth-order valence-corrected chi connectivity index (χ4v) is 15.9. The predicted octanol–water partition coefficient (Wildman–Crippen LogP) is 28.3. The van der Waals surface area contributed by atoms with Crippen molar-refractivity contribution in [3.63, 3.8) is 0 Å². The molecule has 0 aliphatic rings. The zero-order valence-corrected chi connectivity index (χ0v) is 74.2. The van der Waals surface area contributed by atoms with Gasteiger partial charge >= 0.3 is 39.5 Å². The van der Waals surface area contributed by atoms with E-state index in [0.717, 1.165) is 95.8 Å². The van der Waals surface area contributed by atoms with Gasteiger partial charge in [-0.1, -0.05) is 446 Å². The van der Waals surface area contributed by atoms with Crippen molar-refractivity contribution in [2.75, 3.05) is 39.6 Å². The third kappa shape index (κ3) is 84.0. The Morgan fingerprint density at radius 3 is 0.618 bits per heavy atom. The van der Waals surface area contributed by atoms with Gasteiger partial charge in [0.25, 0.3) is 0 Å². The molecule has 0 fully saturated rings. The van der Waals surface area contributed by atoms with E-state index in [4.69, 9.17) is 37.0 Å². The Hall–Kier alpha value is -1.94. The van der Waals surface area contributed by atoms with E-state index in [1.165, 1.54) is 321 Å². The molecule has 0 heterocycles. The van der Waals surface area contributed by atoms with Gasteiger partial charge < -0.3 is 33.8 Å². The molecule has 0 saturated carbocycles. The highest BCUT2D eigenvalue weighted by Gasteiger charge is 2.31. The largest absolute Gasteiger partial charge is 0.472 e. The summed E-state index contributed by atoms with van der Waals surface area (Å²) >= 11 is 0. The van der Waals surface area contributed by atoms with Gasteiger partial charge in [-0.3, -0.25) is 37.3 Å². The van der Waals surface area contributed by atoms with Crippen LogP contribution in [0.15, 0.2) is 0 Å². The van der Waals surface area contributed by atoms with Crippen LogP contribution in [-0.4, -0.2) is 96.7 Å². The van der Waals surface area contributed by atoms with E-state index in [0.29, 0.717) is 25.7 Å². The highest BCUT2D eigenvalue weighted by atomic mass is 31.2. The van der Waals surface area contributed by atoms with Gasteiger partial charge in [-0.05, 0) is 31.6 Å². The van der Waals surface area contributed by atoms with Gasteiger partial charge in [0.2, 0.25) is 0 Å². The lowest BCUT2D eigenvalue weighted by atomic mass is 10.0. The van der Waals surface area contributed by atoms with E-state index in [2.05, 4.69) is 34.6 Å². The number of aliphatic hydroxyl groups is 1. The van der Waals surface area contributed by atoms with Crippen molar-refractivity contribution in [2.24, 2.45) is 5.92 Å². The Kier molecular flexibility index (Phi) is 82.1. The van der Waals surface area contributed by atoms with Gasteiger partial charge in [-0.25, -0.2) is 9.13 Å². The fraction of sp³-hybridized carbons (Fsp3) is 0.956. The number of rotatable bonds is 91. The van der Waals surface area contributed by atoms with Crippen LogP contribution < -0.4 is 0 Å². The molecule has 0 aliphatic carbocycles. The summed E-state index contributed by atoms with van der Waals surface area (Å²) in [7, 11) is -9.93. The van der Waals surface area contributed by atoms with Crippen LogP contribution in [0.4, 0.5) is 0 Å². The molecule has 0 bridgehead atoms. The van der Waals surface area contributed by atoms with Crippen LogP contribution in [-0.2, 0) is 65.4 Å². The predicted molar refractivity (Wildman–Crippen MR) is 455 cm³/mol. The summed E-state index contributed by atoms with van der Waals surface area (Å²) in [6.45, 7) is 7.42. The molecule has 0 radical (unpaired) electrons. The minimum absolute atomic E-state index is 0.109. The number of phosphoric ester groups is 2. The van der Waals surface area contributed by atoms with Gasteiger partial charge in [-0.2, -0.15) is 0 Å². The maximum absolute atomic E-state index is 13.2. The molecule has 3 N–H and O–H groups in total. The van der Waals surface area contributed by atoms with Crippen LogP contribution >= 0.6 is 15.6 Å². The van der Waals surface area contributed by atoms with E-state index >= 15 is 0 Å². The van der Waals surface area contributed by atoms with Crippen molar-refractivity contribution < 1.29 is 80.2 Å². The van der Waals surface area contributed by atoms with E-state index < -0.39 is 97.5 Å². The van der Waals surface area contributed by atoms with Crippen molar-refractivity contribution in [3.8, 4) is 0 Å². The molecule has 0 aromatic rings. The molecule has 110 heavy (non-hydrogen) atoms. The second kappa shape index (κ2) is 83.5. The third-order valence-corrected chi connectivity index (χ3v) is 23.4. The maximum atomic E-state index is 13.2. The molecular formula is C91H178O17P2. The lowest BCUT2D eigenvalue weighted by Gasteiger charge is -2.21. The minimum Gasteiger partial charge on any atom is -0.462 e. The van der Waals surface area contributed by atoms with Crippen LogP contribution in [0, 0.1) is 5.92 Å². The van der Waals surface area contributed by atoms with E-state index in [-0.39, 0.29) is 25.7 Å². The summed E-state index contributed by atoms with van der Waals surface area (Å²) in [6.07, 6.45) is 79.2. The summed E-state index contributed by atoms with van der Waals surface area (Å²) in [6, 6.07) is 0. The van der Waals surface area contributed by atoms with Crippen molar-refractivity contribution >= 4 is 39.5 Å². The molecule has 5 atom stereocenters. The summed E-state index contributed by atoms with van der Waals surface area (Å²) in [5, 5.41) is 10.7. The quantitative estimate of drug-likeness (QED) is 0.0222. The average Bonchev–Trinajstić information content (AvgIpc) is 0.898. The maximum Gasteiger partial charge on any atom is 0.472 e. The van der Waals surface area contributed by atoms with Crippen molar-refractivity contribution in [3.05, 3.63) is 0 Å². The Morgan fingerprint density at radius 1 is 0.245 bits per heavy atom. The van der Waals surface area contributed by atoms with Crippen LogP contribution in [0.25, 0.3) is 0 Å². The number of hydrogen-bond acceptors (Lipinski definition) is 15. The normalized spacial score (nSPS) is 13.7. The zero-order chi connectivity index (χ0) is 80.4. The van der Waals surface area contributed by atoms with Crippen LogP contribution in [0.5, 0.6) is 0 Å². The number of carbonyl (C=O) groups is 4. The monoisotopic (exact) mass is 1610 g/mol. The molecular weight excluding hydrogens is 1430 g/mol. The molecule has 654 valence electrons. The molecule has 0 aliphatic heterocycles. The van der Waals surface area contributed by atoms with E-state index in [9.17, 15) is 43.2 Å². The van der Waals surface area contributed by atoms with E-state index in [1.54, 1.807) is 0 Å². The number of hydrogen-bond donors (Lipinski definition) is 3. The van der Waals surface area contributed by atoms with Gasteiger partial charge in [0.05, 0.1) is 26.4 Å². The molecule has 0 amide bonds.